The number of hydrogen-bond donors (Lipinski definition) is 1. The van der Waals surface area contributed by atoms with E-state index in [1.54, 1.807) is 6.08 Å². The quantitative estimate of drug-likeness (QED) is 0.507. The molecule has 6 heteroatoms. The second-order valence-electron chi connectivity index (χ2n) is 6.77. The molecular weight excluding hydrogens is 374 g/mol. The van der Waals surface area contributed by atoms with E-state index in [0.717, 1.165) is 28.5 Å². The number of aromatic nitrogens is 1. The number of hydrogen-bond acceptors (Lipinski definition) is 2. The Balaban J connectivity index is 1.74. The second kappa shape index (κ2) is 7.52. The van der Waals surface area contributed by atoms with E-state index in [1.807, 2.05) is 61.7 Å². The molecule has 0 spiro atoms. The molecule has 4 rings (SSSR count). The van der Waals surface area contributed by atoms with Gasteiger partial charge in [0.15, 0.2) is 0 Å². The van der Waals surface area contributed by atoms with Crippen molar-refractivity contribution in [1.82, 2.24) is 14.8 Å². The minimum atomic E-state index is -0.363. The van der Waals surface area contributed by atoms with Crippen LogP contribution in [0.25, 0.3) is 17.0 Å². The number of fused-ring (bicyclic) bond motifs is 1. The summed E-state index contributed by atoms with van der Waals surface area (Å²) in [4.78, 5) is 25.8. The Kier molecular flexibility index (Phi) is 4.92. The van der Waals surface area contributed by atoms with Gasteiger partial charge in [-0.1, -0.05) is 54.9 Å². The van der Waals surface area contributed by atoms with Crippen molar-refractivity contribution in [3.05, 3.63) is 76.6 Å². The normalized spacial score (nSPS) is 15.6. The lowest BCUT2D eigenvalue weighted by Crippen LogP contribution is -2.31. The Bertz CT molecular complexity index is 1100. The van der Waals surface area contributed by atoms with Gasteiger partial charge in [0.2, 0.25) is 0 Å². The second-order valence-corrected chi connectivity index (χ2v) is 7.17. The Hall–Kier alpha value is -3.05. The molecular formula is C22H20ClN3O2. The van der Waals surface area contributed by atoms with Crippen molar-refractivity contribution in [2.24, 2.45) is 0 Å². The van der Waals surface area contributed by atoms with Crippen LogP contribution in [0.1, 0.15) is 24.5 Å². The molecule has 0 radical (unpaired) electrons. The minimum absolute atomic E-state index is 0.283. The van der Waals surface area contributed by atoms with Gasteiger partial charge in [0.25, 0.3) is 5.91 Å². The van der Waals surface area contributed by atoms with E-state index in [0.29, 0.717) is 23.8 Å². The van der Waals surface area contributed by atoms with Crippen LogP contribution in [0.4, 0.5) is 4.79 Å². The van der Waals surface area contributed by atoms with E-state index in [-0.39, 0.29) is 11.9 Å². The minimum Gasteiger partial charge on any atom is -0.342 e. The lowest BCUT2D eigenvalue weighted by atomic mass is 10.1. The molecule has 1 aliphatic rings. The third kappa shape index (κ3) is 3.29. The molecule has 28 heavy (non-hydrogen) atoms. The molecule has 0 saturated carbocycles. The third-order valence-corrected chi connectivity index (χ3v) is 5.20. The molecule has 3 aromatic rings. The van der Waals surface area contributed by atoms with E-state index >= 15 is 0 Å². The number of carbonyl (C=O) groups excluding carboxylic acids is 2. The van der Waals surface area contributed by atoms with Gasteiger partial charge in [0, 0.05) is 40.8 Å². The number of amides is 3. The van der Waals surface area contributed by atoms with Gasteiger partial charge in [0.1, 0.15) is 5.70 Å². The first-order chi connectivity index (χ1) is 13.6. The van der Waals surface area contributed by atoms with Crippen molar-refractivity contribution in [3.8, 4) is 0 Å². The van der Waals surface area contributed by atoms with Crippen molar-refractivity contribution >= 4 is 40.5 Å². The molecule has 0 atom stereocenters. The van der Waals surface area contributed by atoms with E-state index in [4.69, 9.17) is 11.6 Å². The van der Waals surface area contributed by atoms with Gasteiger partial charge in [-0.3, -0.25) is 9.69 Å². The number of benzene rings is 2. The number of nitrogens with one attached hydrogen (secondary N) is 1. The van der Waals surface area contributed by atoms with Crippen molar-refractivity contribution < 1.29 is 9.59 Å². The fraction of sp³-hybridized carbons (Fsp3) is 0.182. The van der Waals surface area contributed by atoms with Crippen LogP contribution >= 0.6 is 11.6 Å². The fourth-order valence-corrected chi connectivity index (χ4v) is 3.68. The zero-order valence-electron chi connectivity index (χ0n) is 15.5. The smallest absolute Gasteiger partial charge is 0.329 e. The molecule has 1 aliphatic heterocycles. The molecule has 142 valence electrons. The predicted molar refractivity (Wildman–Crippen MR) is 111 cm³/mol. The van der Waals surface area contributed by atoms with Crippen LogP contribution < -0.4 is 5.32 Å². The standard InChI is InChI=1S/C22H20ClN3O2/c1-2-11-26-21(27)19(24-22(26)28)12-16-14-25(20-10-6-4-8-17(16)20)13-15-7-3-5-9-18(15)23/h3-10,12,14H,2,11,13H2,1H3,(H,24,28)/b19-12+. The Morgan fingerprint density at radius 3 is 2.61 bits per heavy atom. The summed E-state index contributed by atoms with van der Waals surface area (Å²) in [5.74, 6) is -0.283. The van der Waals surface area contributed by atoms with Gasteiger partial charge in [-0.25, -0.2) is 4.79 Å². The molecule has 5 nitrogen and oxygen atoms in total. The van der Waals surface area contributed by atoms with Crippen molar-refractivity contribution in [1.29, 1.82) is 0 Å². The van der Waals surface area contributed by atoms with Gasteiger partial charge in [-0.15, -0.1) is 0 Å². The molecule has 1 saturated heterocycles. The molecule has 2 aromatic carbocycles. The number of nitrogens with zero attached hydrogens (tertiary/aromatic N) is 2. The van der Waals surface area contributed by atoms with Crippen molar-refractivity contribution in [3.63, 3.8) is 0 Å². The maximum Gasteiger partial charge on any atom is 0.329 e. The first kappa shape index (κ1) is 18.3. The largest absolute Gasteiger partial charge is 0.342 e. The highest BCUT2D eigenvalue weighted by Crippen LogP contribution is 2.27. The molecule has 2 heterocycles. The van der Waals surface area contributed by atoms with Crippen LogP contribution in [0.2, 0.25) is 5.02 Å². The van der Waals surface area contributed by atoms with E-state index in [9.17, 15) is 9.59 Å². The van der Waals surface area contributed by atoms with Crippen LogP contribution in [0.15, 0.2) is 60.4 Å². The average molecular weight is 394 g/mol. The molecule has 1 aromatic heterocycles. The molecule has 0 aliphatic carbocycles. The summed E-state index contributed by atoms with van der Waals surface area (Å²) in [6.45, 7) is 2.96. The average Bonchev–Trinajstić information content (AvgIpc) is 3.17. The Morgan fingerprint density at radius 2 is 1.82 bits per heavy atom. The molecule has 1 N–H and O–H groups in total. The highest BCUT2D eigenvalue weighted by atomic mass is 35.5. The van der Waals surface area contributed by atoms with Crippen LogP contribution in [-0.2, 0) is 11.3 Å². The van der Waals surface area contributed by atoms with Crippen molar-refractivity contribution in [2.75, 3.05) is 6.54 Å². The van der Waals surface area contributed by atoms with Gasteiger partial charge >= 0.3 is 6.03 Å². The van der Waals surface area contributed by atoms with Gasteiger partial charge < -0.3 is 9.88 Å². The van der Waals surface area contributed by atoms with Crippen LogP contribution in [0.5, 0.6) is 0 Å². The summed E-state index contributed by atoms with van der Waals surface area (Å²) in [6, 6.07) is 15.4. The monoisotopic (exact) mass is 393 g/mol. The summed E-state index contributed by atoms with van der Waals surface area (Å²) in [7, 11) is 0. The lowest BCUT2D eigenvalue weighted by Gasteiger charge is -2.08. The van der Waals surface area contributed by atoms with E-state index < -0.39 is 0 Å². The molecule has 3 amide bonds. The number of imide groups is 1. The summed E-state index contributed by atoms with van der Waals surface area (Å²) < 4.78 is 2.11. The predicted octanol–water partition coefficient (Wildman–Crippen LogP) is 4.65. The Labute approximate surface area is 168 Å². The van der Waals surface area contributed by atoms with E-state index in [1.165, 1.54) is 4.90 Å². The topological polar surface area (TPSA) is 54.3 Å². The molecule has 0 bridgehead atoms. The van der Waals surface area contributed by atoms with Crippen LogP contribution in [0.3, 0.4) is 0 Å². The van der Waals surface area contributed by atoms with Crippen LogP contribution in [-0.4, -0.2) is 28.0 Å². The number of carbonyl (C=O) groups is 2. The van der Waals surface area contributed by atoms with Crippen molar-refractivity contribution in [2.45, 2.75) is 19.9 Å². The number of halogens is 1. The SMILES string of the molecule is CCCN1C(=O)N/C(=C/c2cn(Cc3ccccc3Cl)c3ccccc23)C1=O. The summed E-state index contributed by atoms with van der Waals surface area (Å²) in [5, 5.41) is 4.42. The number of rotatable bonds is 5. The third-order valence-electron chi connectivity index (χ3n) is 4.83. The lowest BCUT2D eigenvalue weighted by molar-refractivity contribution is -0.122. The summed E-state index contributed by atoms with van der Waals surface area (Å²) >= 11 is 6.33. The van der Waals surface area contributed by atoms with Gasteiger partial charge in [-0.05, 0) is 30.2 Å². The molecule has 1 fully saturated rings. The maximum absolute atomic E-state index is 12.5. The highest BCUT2D eigenvalue weighted by molar-refractivity contribution is 6.31. The maximum atomic E-state index is 12.5. The highest BCUT2D eigenvalue weighted by Gasteiger charge is 2.32. The zero-order chi connectivity index (χ0) is 19.7. The van der Waals surface area contributed by atoms with Gasteiger partial charge in [0.05, 0.1) is 0 Å². The first-order valence-electron chi connectivity index (χ1n) is 9.24. The first-order valence-corrected chi connectivity index (χ1v) is 9.62. The number of urea groups is 1. The van der Waals surface area contributed by atoms with Gasteiger partial charge in [-0.2, -0.15) is 0 Å². The summed E-state index contributed by atoms with van der Waals surface area (Å²) in [6.07, 6.45) is 4.47. The fourth-order valence-electron chi connectivity index (χ4n) is 3.48. The summed E-state index contributed by atoms with van der Waals surface area (Å²) in [5.41, 5.74) is 3.24. The van der Waals surface area contributed by atoms with Crippen LogP contribution in [0, 0.1) is 0 Å². The molecule has 0 unspecified atom stereocenters. The Morgan fingerprint density at radius 1 is 1.07 bits per heavy atom. The zero-order valence-corrected chi connectivity index (χ0v) is 16.2. The number of para-hydroxylation sites is 1. The van der Waals surface area contributed by atoms with E-state index in [2.05, 4.69) is 9.88 Å².